The van der Waals surface area contributed by atoms with Crippen LogP contribution in [0.4, 0.5) is 22.0 Å². The molecule has 3 heterocycles. The molecule has 3 aromatic heterocycles. The summed E-state index contributed by atoms with van der Waals surface area (Å²) in [6.07, 6.45) is -5.75. The topological polar surface area (TPSA) is 116 Å². The number of hydrogen-bond donors (Lipinski definition) is 1. The van der Waals surface area contributed by atoms with Gasteiger partial charge in [0.1, 0.15) is 22.0 Å². The van der Waals surface area contributed by atoms with Gasteiger partial charge in [0.05, 0.1) is 22.9 Å². The third kappa shape index (κ3) is 5.40. The summed E-state index contributed by atoms with van der Waals surface area (Å²) < 4.78 is 72.4. The minimum absolute atomic E-state index is 0.142. The van der Waals surface area contributed by atoms with E-state index < -0.39 is 70.4 Å². The van der Waals surface area contributed by atoms with Gasteiger partial charge >= 0.3 is 17.8 Å². The quantitative estimate of drug-likeness (QED) is 0.330. The number of fused-ring (bicyclic) bond motifs is 1. The van der Waals surface area contributed by atoms with Crippen LogP contribution in [0.3, 0.4) is 0 Å². The third-order valence-corrected chi connectivity index (χ3v) is 8.35. The van der Waals surface area contributed by atoms with E-state index in [0.29, 0.717) is 10.9 Å². The molecule has 4 aromatic rings. The number of aromatic nitrogens is 3. The summed E-state index contributed by atoms with van der Waals surface area (Å²) in [5.41, 5.74) is -5.46. The van der Waals surface area contributed by atoms with E-state index in [-0.39, 0.29) is 21.4 Å². The second kappa shape index (κ2) is 10.5. The molecule has 16 heteroatoms. The summed E-state index contributed by atoms with van der Waals surface area (Å²) in [6, 6.07) is 1.23. The van der Waals surface area contributed by atoms with Crippen LogP contribution in [-0.2, 0) is 42.8 Å². The van der Waals surface area contributed by atoms with Gasteiger partial charge in [-0.05, 0) is 36.9 Å². The lowest BCUT2D eigenvalue weighted by molar-refractivity contribution is -0.147. The number of alkyl halides is 3. The molecule has 1 aromatic carbocycles. The molecule has 0 saturated carbocycles. The lowest BCUT2D eigenvalue weighted by atomic mass is 9.93. The standard InChI is InChI=1S/C25H21F5N4O5S2/c1-24(2,21(37)38)10-34-14(12-5-6-13(26)17(18(12)27)25(28,29)30)9-41-22(34)31-15(35)7-11-8-40-20-16(11)19(36)32(3)23(39)33(20)4/h5-6,8-9H,7,10H2,1-4H3,(H,37,38)/b31-22-. The molecule has 0 aliphatic rings. The second-order valence-electron chi connectivity index (χ2n) is 9.79. The van der Waals surface area contributed by atoms with Gasteiger partial charge in [0, 0.05) is 31.6 Å². The number of hydrogen-bond acceptors (Lipinski definition) is 6. The lowest BCUT2D eigenvalue weighted by Crippen LogP contribution is -2.36. The number of amides is 1. The van der Waals surface area contributed by atoms with Crippen molar-refractivity contribution in [2.24, 2.45) is 24.5 Å². The molecule has 0 atom stereocenters. The van der Waals surface area contributed by atoms with Crippen molar-refractivity contribution in [3.05, 3.63) is 71.3 Å². The summed E-state index contributed by atoms with van der Waals surface area (Å²) in [5, 5.41) is 12.5. The van der Waals surface area contributed by atoms with E-state index in [4.69, 9.17) is 0 Å². The van der Waals surface area contributed by atoms with Crippen LogP contribution in [0, 0.1) is 17.0 Å². The Balaban J connectivity index is 1.87. The number of nitrogens with zero attached hydrogens (tertiary/aromatic N) is 4. The molecule has 0 fully saturated rings. The fourth-order valence-electron chi connectivity index (χ4n) is 4.12. The predicted molar refractivity (Wildman–Crippen MR) is 141 cm³/mol. The van der Waals surface area contributed by atoms with Gasteiger partial charge in [-0.25, -0.2) is 13.6 Å². The number of rotatable bonds is 6. The van der Waals surface area contributed by atoms with Crippen molar-refractivity contribution in [1.29, 1.82) is 0 Å². The largest absolute Gasteiger partial charge is 0.481 e. The van der Waals surface area contributed by atoms with Gasteiger partial charge in [0.15, 0.2) is 4.80 Å². The van der Waals surface area contributed by atoms with Gasteiger partial charge in [0.2, 0.25) is 0 Å². The second-order valence-corrected chi connectivity index (χ2v) is 11.5. The highest BCUT2D eigenvalue weighted by Gasteiger charge is 2.39. The molecule has 0 bridgehead atoms. The maximum Gasteiger partial charge on any atom is 0.422 e. The summed E-state index contributed by atoms with van der Waals surface area (Å²) in [5.74, 6) is -5.81. The molecular formula is C25H21F5N4O5S2. The average molecular weight is 617 g/mol. The molecule has 218 valence electrons. The van der Waals surface area contributed by atoms with Gasteiger partial charge in [-0.2, -0.15) is 18.2 Å². The van der Waals surface area contributed by atoms with Crippen LogP contribution in [0.5, 0.6) is 0 Å². The van der Waals surface area contributed by atoms with Gasteiger partial charge in [-0.1, -0.05) is 0 Å². The summed E-state index contributed by atoms with van der Waals surface area (Å²) >= 11 is 1.81. The first-order valence-electron chi connectivity index (χ1n) is 11.7. The van der Waals surface area contributed by atoms with Crippen molar-refractivity contribution in [3.8, 4) is 11.3 Å². The Morgan fingerprint density at radius 1 is 1.02 bits per heavy atom. The summed E-state index contributed by atoms with van der Waals surface area (Å²) in [6.45, 7) is 2.19. The predicted octanol–water partition coefficient (Wildman–Crippen LogP) is 3.91. The van der Waals surface area contributed by atoms with Crippen molar-refractivity contribution in [1.82, 2.24) is 13.7 Å². The number of thiazole rings is 1. The molecule has 9 nitrogen and oxygen atoms in total. The van der Waals surface area contributed by atoms with Crippen molar-refractivity contribution in [3.63, 3.8) is 0 Å². The molecule has 1 amide bonds. The van der Waals surface area contributed by atoms with Crippen molar-refractivity contribution >= 4 is 44.8 Å². The fraction of sp³-hybridized carbons (Fsp3) is 0.320. The molecule has 4 rings (SSSR count). The smallest absolute Gasteiger partial charge is 0.422 e. The van der Waals surface area contributed by atoms with Crippen LogP contribution < -0.4 is 16.1 Å². The van der Waals surface area contributed by atoms with Crippen molar-refractivity contribution < 1.29 is 36.6 Å². The molecule has 41 heavy (non-hydrogen) atoms. The van der Waals surface area contributed by atoms with Crippen LogP contribution in [0.2, 0.25) is 0 Å². The van der Waals surface area contributed by atoms with Crippen LogP contribution >= 0.6 is 22.7 Å². The molecule has 0 aliphatic carbocycles. The lowest BCUT2D eigenvalue weighted by Gasteiger charge is -2.22. The van der Waals surface area contributed by atoms with Crippen molar-refractivity contribution in [2.75, 3.05) is 0 Å². The Bertz CT molecular complexity index is 1910. The summed E-state index contributed by atoms with van der Waals surface area (Å²) in [7, 11) is 2.76. The highest BCUT2D eigenvalue weighted by molar-refractivity contribution is 7.17. The van der Waals surface area contributed by atoms with E-state index in [1.807, 2.05) is 0 Å². The Morgan fingerprint density at radius 3 is 2.29 bits per heavy atom. The van der Waals surface area contributed by atoms with Crippen LogP contribution in [-0.4, -0.2) is 30.7 Å². The van der Waals surface area contributed by atoms with Gasteiger partial charge in [-0.15, -0.1) is 22.7 Å². The zero-order valence-electron chi connectivity index (χ0n) is 21.8. The average Bonchev–Trinajstić information content (AvgIpc) is 3.44. The third-order valence-electron chi connectivity index (χ3n) is 6.39. The highest BCUT2D eigenvalue weighted by atomic mass is 32.1. The van der Waals surface area contributed by atoms with E-state index in [9.17, 15) is 41.8 Å². The van der Waals surface area contributed by atoms with Crippen LogP contribution in [0.1, 0.15) is 25.0 Å². The normalized spacial score (nSPS) is 12.9. The number of carboxylic acids is 1. The number of carbonyl (C=O) groups excluding carboxylic acids is 1. The number of benzene rings is 1. The monoisotopic (exact) mass is 616 g/mol. The number of halogens is 5. The Kier molecular flexibility index (Phi) is 7.68. The Hall–Kier alpha value is -3.92. The number of aryl methyl sites for hydroxylation is 1. The SMILES string of the molecule is Cn1c(=O)c2c(CC(=O)/N=c3\scc(-c4ccc(F)c(C(F)(F)F)c4F)n3CC(C)(C)C(=O)O)csc2n(C)c1=O. The van der Waals surface area contributed by atoms with E-state index in [1.165, 1.54) is 43.3 Å². The van der Waals surface area contributed by atoms with Crippen molar-refractivity contribution in [2.45, 2.75) is 33.0 Å². The zero-order valence-corrected chi connectivity index (χ0v) is 23.4. The molecule has 0 saturated heterocycles. The van der Waals surface area contributed by atoms with Crippen LogP contribution in [0.15, 0.2) is 37.5 Å². The van der Waals surface area contributed by atoms with E-state index in [1.54, 1.807) is 0 Å². The van der Waals surface area contributed by atoms with E-state index in [0.717, 1.165) is 37.9 Å². The Labute approximate surface area is 235 Å². The van der Waals surface area contributed by atoms with Gasteiger partial charge in [0.25, 0.3) is 11.5 Å². The number of aliphatic carboxylic acids is 1. The number of carboxylic acid groups (broad SMARTS) is 1. The summed E-state index contributed by atoms with van der Waals surface area (Å²) in [4.78, 5) is 54.0. The first-order chi connectivity index (χ1) is 19.0. The van der Waals surface area contributed by atoms with Crippen LogP contribution in [0.25, 0.3) is 21.5 Å². The molecule has 0 spiro atoms. The molecule has 0 unspecified atom stereocenters. The van der Waals surface area contributed by atoms with E-state index >= 15 is 4.39 Å². The van der Waals surface area contributed by atoms with Gasteiger partial charge in [-0.3, -0.25) is 23.5 Å². The first-order valence-corrected chi connectivity index (χ1v) is 13.4. The number of carbonyl (C=O) groups is 2. The maximum atomic E-state index is 15.1. The highest BCUT2D eigenvalue weighted by Crippen LogP contribution is 2.38. The Morgan fingerprint density at radius 2 is 1.68 bits per heavy atom. The molecule has 0 aliphatic heterocycles. The minimum Gasteiger partial charge on any atom is -0.481 e. The first kappa shape index (κ1) is 30.0. The minimum atomic E-state index is -5.35. The van der Waals surface area contributed by atoms with Gasteiger partial charge < -0.3 is 9.67 Å². The molecule has 1 N–H and O–H groups in total. The number of thiophene rings is 1. The zero-order chi connectivity index (χ0) is 30.6. The fourth-order valence-corrected chi connectivity index (χ4v) is 6.07. The van der Waals surface area contributed by atoms with E-state index in [2.05, 4.69) is 4.99 Å². The maximum absolute atomic E-state index is 15.1. The molecular weight excluding hydrogens is 595 g/mol. The molecule has 0 radical (unpaired) electrons.